The van der Waals surface area contributed by atoms with Gasteiger partial charge in [-0.25, -0.2) is 9.59 Å². The van der Waals surface area contributed by atoms with Gasteiger partial charge >= 0.3 is 12.1 Å². The summed E-state index contributed by atoms with van der Waals surface area (Å²) in [5, 5.41) is 0. The summed E-state index contributed by atoms with van der Waals surface area (Å²) in [5.74, 6) is 0.334. The van der Waals surface area contributed by atoms with E-state index in [0.29, 0.717) is 11.5 Å². The van der Waals surface area contributed by atoms with Crippen LogP contribution < -0.4 is 5.73 Å². The highest BCUT2D eigenvalue weighted by atomic mass is 16.6. The van der Waals surface area contributed by atoms with E-state index in [1.54, 1.807) is 6.92 Å². The van der Waals surface area contributed by atoms with Crippen LogP contribution in [0, 0.1) is 5.92 Å². The van der Waals surface area contributed by atoms with Crippen LogP contribution in [0.5, 0.6) is 0 Å². The van der Waals surface area contributed by atoms with E-state index in [1.165, 1.54) is 38.4 Å². The minimum absolute atomic E-state index is 0.00259. The molecule has 5 heteroatoms. The Balaban J connectivity index is 0.000000225. The lowest BCUT2D eigenvalue weighted by Crippen LogP contribution is -2.28. The molecule has 0 saturated heterocycles. The van der Waals surface area contributed by atoms with Gasteiger partial charge in [0.05, 0.1) is 5.57 Å². The summed E-state index contributed by atoms with van der Waals surface area (Å²) in [6.07, 6.45) is 6.98. The zero-order valence-corrected chi connectivity index (χ0v) is 11.0. The second-order valence-electron chi connectivity index (χ2n) is 4.75. The standard InChI is InChI=1S/C9H17NO2.C4H4O2/c1-7(12-9(10)11)8-5-3-2-4-6-8;1-3-2-6-4(3)5/h7-8H,2-6H2,1H3,(H2,10,11);2H,1H3. The first-order valence-corrected chi connectivity index (χ1v) is 6.34. The molecule has 0 spiro atoms. The summed E-state index contributed by atoms with van der Waals surface area (Å²) >= 11 is 0. The first-order chi connectivity index (χ1) is 8.50. The molecule has 5 nitrogen and oxygen atoms in total. The van der Waals surface area contributed by atoms with Crippen molar-refractivity contribution in [2.24, 2.45) is 11.7 Å². The number of carbonyl (C=O) groups is 2. The Morgan fingerprint density at radius 2 is 2.00 bits per heavy atom. The van der Waals surface area contributed by atoms with Crippen molar-refractivity contribution in [1.29, 1.82) is 0 Å². The highest BCUT2D eigenvalue weighted by Gasteiger charge is 2.21. The molecule has 0 aromatic heterocycles. The molecular formula is C13H21NO4. The fraction of sp³-hybridized carbons (Fsp3) is 0.692. The molecule has 1 heterocycles. The summed E-state index contributed by atoms with van der Waals surface area (Å²) in [5.41, 5.74) is 5.64. The third-order valence-electron chi connectivity index (χ3n) is 3.28. The summed E-state index contributed by atoms with van der Waals surface area (Å²) in [6, 6.07) is 0. The molecule has 1 unspecified atom stereocenters. The number of amides is 1. The zero-order valence-electron chi connectivity index (χ0n) is 11.0. The number of hydrogen-bond acceptors (Lipinski definition) is 4. The van der Waals surface area contributed by atoms with E-state index in [0.717, 1.165) is 0 Å². The third kappa shape index (κ3) is 4.77. The third-order valence-corrected chi connectivity index (χ3v) is 3.28. The molecule has 1 aliphatic carbocycles. The fourth-order valence-corrected chi connectivity index (χ4v) is 2.11. The number of carbonyl (C=O) groups excluding carboxylic acids is 2. The lowest BCUT2D eigenvalue weighted by Gasteiger charge is -2.26. The molecule has 1 fully saturated rings. The van der Waals surface area contributed by atoms with E-state index in [-0.39, 0.29) is 12.1 Å². The number of esters is 1. The van der Waals surface area contributed by atoms with Crippen LogP contribution in [0.15, 0.2) is 11.8 Å². The molecule has 1 saturated carbocycles. The summed E-state index contributed by atoms with van der Waals surface area (Å²) in [6.45, 7) is 3.65. The highest BCUT2D eigenvalue weighted by molar-refractivity contribution is 5.92. The predicted octanol–water partition coefficient (Wildman–Crippen LogP) is 2.50. The lowest BCUT2D eigenvalue weighted by molar-refractivity contribution is -0.138. The Labute approximate surface area is 107 Å². The molecule has 1 atom stereocenters. The van der Waals surface area contributed by atoms with Crippen molar-refractivity contribution < 1.29 is 19.1 Å². The smallest absolute Gasteiger partial charge is 0.404 e. The fourth-order valence-electron chi connectivity index (χ4n) is 2.11. The van der Waals surface area contributed by atoms with Gasteiger partial charge in [-0.15, -0.1) is 0 Å². The summed E-state index contributed by atoms with van der Waals surface area (Å²) < 4.78 is 9.17. The molecule has 102 valence electrons. The van der Waals surface area contributed by atoms with Crippen LogP contribution in [0.2, 0.25) is 0 Å². The van der Waals surface area contributed by atoms with Crippen molar-refractivity contribution in [2.45, 2.75) is 52.1 Å². The van der Waals surface area contributed by atoms with Gasteiger partial charge in [-0.3, -0.25) is 0 Å². The molecule has 0 aromatic carbocycles. The maximum atomic E-state index is 10.5. The molecule has 2 aliphatic rings. The summed E-state index contributed by atoms with van der Waals surface area (Å²) in [7, 11) is 0. The normalized spacial score (nSPS) is 20.6. The average molecular weight is 255 g/mol. The number of rotatable bonds is 2. The Kier molecular flexibility index (Phi) is 5.68. The van der Waals surface area contributed by atoms with Gasteiger partial charge in [0.15, 0.2) is 0 Å². The molecule has 0 aromatic rings. The number of cyclic esters (lactones) is 1. The molecule has 18 heavy (non-hydrogen) atoms. The van der Waals surface area contributed by atoms with Gasteiger partial charge in [0.25, 0.3) is 0 Å². The Hall–Kier alpha value is -1.52. The maximum Gasteiger partial charge on any atom is 0.404 e. The molecular weight excluding hydrogens is 234 g/mol. The minimum atomic E-state index is -0.645. The Morgan fingerprint density at radius 1 is 1.44 bits per heavy atom. The van der Waals surface area contributed by atoms with E-state index in [2.05, 4.69) is 4.74 Å². The van der Waals surface area contributed by atoms with Gasteiger partial charge in [-0.1, -0.05) is 19.3 Å². The van der Waals surface area contributed by atoms with Gasteiger partial charge < -0.3 is 15.2 Å². The van der Waals surface area contributed by atoms with Crippen molar-refractivity contribution >= 4 is 12.1 Å². The molecule has 2 N–H and O–H groups in total. The monoisotopic (exact) mass is 255 g/mol. The number of hydrogen-bond donors (Lipinski definition) is 1. The van der Waals surface area contributed by atoms with Crippen LogP contribution in [0.3, 0.4) is 0 Å². The first kappa shape index (κ1) is 14.5. The lowest BCUT2D eigenvalue weighted by atomic mass is 9.86. The number of primary amides is 1. The van der Waals surface area contributed by atoms with Crippen LogP contribution in [0.4, 0.5) is 4.79 Å². The maximum absolute atomic E-state index is 10.5. The van der Waals surface area contributed by atoms with E-state index >= 15 is 0 Å². The SMILES string of the molecule is CC(OC(N)=O)C1CCCCC1.CC1=COC1=O. The zero-order chi connectivity index (χ0) is 13.5. The molecule has 1 amide bonds. The first-order valence-electron chi connectivity index (χ1n) is 6.34. The number of nitrogens with two attached hydrogens (primary N) is 1. The van der Waals surface area contributed by atoms with Gasteiger partial charge in [0.2, 0.25) is 0 Å². The minimum Gasteiger partial charge on any atom is -0.446 e. The van der Waals surface area contributed by atoms with Gasteiger partial charge in [0, 0.05) is 0 Å². The van der Waals surface area contributed by atoms with Crippen LogP contribution in [-0.2, 0) is 14.3 Å². The average Bonchev–Trinajstić information content (AvgIpc) is 2.37. The van der Waals surface area contributed by atoms with Crippen molar-refractivity contribution in [1.82, 2.24) is 0 Å². The van der Waals surface area contributed by atoms with E-state index in [4.69, 9.17) is 10.5 Å². The Bertz CT molecular complexity index is 332. The highest BCUT2D eigenvalue weighted by Crippen LogP contribution is 2.27. The predicted molar refractivity (Wildman–Crippen MR) is 66.6 cm³/mol. The molecule has 0 bridgehead atoms. The second kappa shape index (κ2) is 7.03. The summed E-state index contributed by atoms with van der Waals surface area (Å²) in [4.78, 5) is 20.4. The van der Waals surface area contributed by atoms with E-state index in [9.17, 15) is 9.59 Å². The molecule has 2 rings (SSSR count). The van der Waals surface area contributed by atoms with Gasteiger partial charge in [-0.2, -0.15) is 0 Å². The Morgan fingerprint density at radius 3 is 2.33 bits per heavy atom. The van der Waals surface area contributed by atoms with Gasteiger partial charge in [-0.05, 0) is 32.6 Å². The second-order valence-corrected chi connectivity index (χ2v) is 4.75. The van der Waals surface area contributed by atoms with E-state index < -0.39 is 6.09 Å². The van der Waals surface area contributed by atoms with E-state index in [1.807, 2.05) is 6.92 Å². The molecule has 0 radical (unpaired) electrons. The van der Waals surface area contributed by atoms with Crippen molar-refractivity contribution in [2.75, 3.05) is 0 Å². The topological polar surface area (TPSA) is 78.6 Å². The van der Waals surface area contributed by atoms with Crippen LogP contribution in [-0.4, -0.2) is 18.2 Å². The van der Waals surface area contributed by atoms with Crippen LogP contribution in [0.25, 0.3) is 0 Å². The molecule has 1 aliphatic heterocycles. The van der Waals surface area contributed by atoms with Crippen molar-refractivity contribution in [3.8, 4) is 0 Å². The van der Waals surface area contributed by atoms with Crippen molar-refractivity contribution in [3.05, 3.63) is 11.8 Å². The van der Waals surface area contributed by atoms with Crippen LogP contribution >= 0.6 is 0 Å². The quantitative estimate of drug-likeness (QED) is 0.769. The largest absolute Gasteiger partial charge is 0.446 e. The van der Waals surface area contributed by atoms with Crippen molar-refractivity contribution in [3.63, 3.8) is 0 Å². The van der Waals surface area contributed by atoms with Crippen LogP contribution in [0.1, 0.15) is 46.0 Å². The number of ether oxygens (including phenoxy) is 2. The van der Waals surface area contributed by atoms with Gasteiger partial charge in [0.1, 0.15) is 12.4 Å².